The molecule has 0 atom stereocenters. The molecule has 0 bridgehead atoms. The van der Waals surface area contributed by atoms with Crippen molar-refractivity contribution in [2.45, 2.75) is 34.2 Å². The molecule has 5 rings (SSSR count). The summed E-state index contributed by atoms with van der Waals surface area (Å²) >= 11 is 9.30. The van der Waals surface area contributed by atoms with Gasteiger partial charge in [-0.15, -0.1) is 0 Å². The van der Waals surface area contributed by atoms with Gasteiger partial charge in [-0.1, -0.05) is 28.1 Å². The number of hydrogen-bond donors (Lipinski definition) is 0. The average Bonchev–Trinajstić information content (AvgIpc) is 3.32. The van der Waals surface area contributed by atoms with Crippen molar-refractivity contribution in [2.75, 3.05) is 18.6 Å². The van der Waals surface area contributed by atoms with E-state index in [-0.39, 0.29) is 5.91 Å². The molecule has 5 nitrogen and oxygen atoms in total. The van der Waals surface area contributed by atoms with Gasteiger partial charge >= 0.3 is 0 Å². The van der Waals surface area contributed by atoms with E-state index in [1.54, 1.807) is 9.80 Å². The van der Waals surface area contributed by atoms with E-state index in [4.69, 9.17) is 17.0 Å². The van der Waals surface area contributed by atoms with Crippen LogP contribution in [-0.2, 0) is 11.3 Å². The van der Waals surface area contributed by atoms with Gasteiger partial charge in [-0.25, -0.2) is 0 Å². The highest BCUT2D eigenvalue weighted by molar-refractivity contribution is 9.10. The molecule has 0 spiro atoms. The number of ether oxygens (including phenoxy) is 1. The van der Waals surface area contributed by atoms with Crippen LogP contribution < -0.4 is 9.64 Å². The minimum absolute atomic E-state index is 0.130. The maximum Gasteiger partial charge on any atom is 0.281 e. The van der Waals surface area contributed by atoms with Gasteiger partial charge in [0.25, 0.3) is 5.91 Å². The van der Waals surface area contributed by atoms with Gasteiger partial charge in [0, 0.05) is 34.2 Å². The lowest BCUT2D eigenvalue weighted by atomic mass is 10.1. The second-order valence-corrected chi connectivity index (χ2v) is 11.1. The summed E-state index contributed by atoms with van der Waals surface area (Å²) < 4.78 is 9.21. The lowest BCUT2D eigenvalue weighted by Gasteiger charge is -2.17. The highest BCUT2D eigenvalue weighted by atomic mass is 79.9. The molecule has 1 amide bonds. The molecule has 3 aromatic carbocycles. The summed E-state index contributed by atoms with van der Waals surface area (Å²) in [4.78, 5) is 17.0. The molecule has 2 heterocycles. The Morgan fingerprint density at radius 1 is 0.921 bits per heavy atom. The molecule has 194 valence electrons. The third-order valence-corrected chi connectivity index (χ3v) is 8.21. The zero-order chi connectivity index (χ0) is 27.1. The van der Waals surface area contributed by atoms with Gasteiger partial charge in [-0.2, -0.15) is 0 Å². The summed E-state index contributed by atoms with van der Waals surface area (Å²) in [6, 6.07) is 18.3. The van der Waals surface area contributed by atoms with E-state index in [2.05, 4.69) is 71.7 Å². The Bertz CT molecular complexity index is 1620. The van der Waals surface area contributed by atoms with E-state index >= 15 is 0 Å². The Morgan fingerprint density at radius 3 is 2.34 bits per heavy atom. The summed E-state index contributed by atoms with van der Waals surface area (Å²) in [6.07, 6.45) is 4.02. The SMILES string of the molecule is Cc1ccc(OCCn2cc(/C=C3/C(=O)N(c4ccc(C)c(C)c4)C(=S)N3C)c3cc(Br)ccc32)cc1C. The summed E-state index contributed by atoms with van der Waals surface area (Å²) in [5.74, 6) is 0.738. The van der Waals surface area contributed by atoms with Crippen LogP contribution in [0.25, 0.3) is 17.0 Å². The maximum absolute atomic E-state index is 13.6. The average molecular weight is 589 g/mol. The molecule has 4 aromatic rings. The summed E-state index contributed by atoms with van der Waals surface area (Å²) in [5.41, 5.74) is 8.11. The predicted molar refractivity (Wildman–Crippen MR) is 163 cm³/mol. The molecule has 1 aliphatic heterocycles. The Balaban J connectivity index is 1.46. The fraction of sp³-hybridized carbons (Fsp3) is 0.226. The van der Waals surface area contributed by atoms with E-state index in [0.29, 0.717) is 24.0 Å². The number of rotatable bonds is 6. The van der Waals surface area contributed by atoms with Gasteiger partial charge < -0.3 is 14.2 Å². The fourth-order valence-electron chi connectivity index (χ4n) is 4.66. The molecule has 38 heavy (non-hydrogen) atoms. The van der Waals surface area contributed by atoms with E-state index in [1.807, 2.05) is 50.4 Å². The number of hydrogen-bond acceptors (Lipinski definition) is 3. The van der Waals surface area contributed by atoms with Crippen molar-refractivity contribution in [3.63, 3.8) is 0 Å². The van der Waals surface area contributed by atoms with Crippen LogP contribution in [0.5, 0.6) is 5.75 Å². The smallest absolute Gasteiger partial charge is 0.281 e. The Kier molecular flexibility index (Phi) is 7.16. The van der Waals surface area contributed by atoms with E-state index in [9.17, 15) is 4.79 Å². The summed E-state index contributed by atoms with van der Waals surface area (Å²) in [7, 11) is 1.85. The van der Waals surface area contributed by atoms with E-state index in [0.717, 1.165) is 37.9 Å². The number of halogens is 1. The molecule has 1 aromatic heterocycles. The second-order valence-electron chi connectivity index (χ2n) is 9.81. The number of thiocarbonyl (C=S) groups is 1. The van der Waals surface area contributed by atoms with Gasteiger partial charge in [0.1, 0.15) is 18.1 Å². The Hall–Kier alpha value is -3.42. The molecule has 7 heteroatoms. The van der Waals surface area contributed by atoms with Crippen LogP contribution >= 0.6 is 28.1 Å². The molecule has 0 saturated carbocycles. The largest absolute Gasteiger partial charge is 0.492 e. The molecular formula is C31H30BrN3O2S. The first-order valence-corrected chi connectivity index (χ1v) is 13.7. The highest BCUT2D eigenvalue weighted by Gasteiger charge is 2.37. The molecule has 1 saturated heterocycles. The van der Waals surface area contributed by atoms with E-state index in [1.165, 1.54) is 16.7 Å². The van der Waals surface area contributed by atoms with Crippen LogP contribution in [0.1, 0.15) is 27.8 Å². The van der Waals surface area contributed by atoms with Crippen LogP contribution in [0.3, 0.4) is 0 Å². The quantitative estimate of drug-likeness (QED) is 0.175. The van der Waals surface area contributed by atoms with Crippen LogP contribution in [0, 0.1) is 27.7 Å². The number of aromatic nitrogens is 1. The van der Waals surface area contributed by atoms with Gasteiger partial charge in [0.05, 0.1) is 12.2 Å². The lowest BCUT2D eigenvalue weighted by Crippen LogP contribution is -2.31. The number of nitrogens with zero attached hydrogens (tertiary/aromatic N) is 3. The molecule has 0 N–H and O–H groups in total. The number of anilines is 1. The fourth-order valence-corrected chi connectivity index (χ4v) is 5.31. The van der Waals surface area contributed by atoms with Gasteiger partial charge in [0.15, 0.2) is 5.11 Å². The van der Waals surface area contributed by atoms with Crippen molar-refractivity contribution in [3.8, 4) is 5.75 Å². The standard InChI is InChI=1S/C31H30BrN3O2S/c1-19-6-9-25(14-21(19)3)35-30(36)29(33(5)31(35)38)16-23-18-34(28-11-8-24(32)17-27(23)28)12-13-37-26-10-7-20(2)22(4)15-26/h6-11,14-18H,12-13H2,1-5H3/b29-16-. The maximum atomic E-state index is 13.6. The molecule has 0 unspecified atom stereocenters. The first-order valence-electron chi connectivity index (χ1n) is 12.5. The van der Waals surface area contributed by atoms with Crippen molar-refractivity contribution in [1.29, 1.82) is 0 Å². The van der Waals surface area contributed by atoms with E-state index < -0.39 is 0 Å². The number of carbonyl (C=O) groups is 1. The van der Waals surface area contributed by atoms with Gasteiger partial charge in [-0.3, -0.25) is 9.69 Å². The third kappa shape index (κ3) is 4.88. The van der Waals surface area contributed by atoms with Crippen molar-refractivity contribution in [1.82, 2.24) is 9.47 Å². The van der Waals surface area contributed by atoms with Crippen LogP contribution in [0.2, 0.25) is 0 Å². The second kappa shape index (κ2) is 10.4. The first kappa shape index (κ1) is 26.2. The van der Waals surface area contributed by atoms with Crippen molar-refractivity contribution < 1.29 is 9.53 Å². The number of fused-ring (bicyclic) bond motifs is 1. The monoisotopic (exact) mass is 587 g/mol. The van der Waals surface area contributed by atoms with Crippen molar-refractivity contribution >= 4 is 61.8 Å². The predicted octanol–water partition coefficient (Wildman–Crippen LogP) is 7.32. The van der Waals surface area contributed by atoms with Crippen molar-refractivity contribution in [2.24, 2.45) is 0 Å². The summed E-state index contributed by atoms with van der Waals surface area (Å²) in [6.45, 7) is 9.49. The van der Waals surface area contributed by atoms with Crippen LogP contribution in [-0.4, -0.2) is 34.1 Å². The molecule has 0 aliphatic carbocycles. The van der Waals surface area contributed by atoms with Crippen molar-refractivity contribution in [3.05, 3.63) is 98.8 Å². The third-order valence-electron chi connectivity index (χ3n) is 7.26. The summed E-state index contributed by atoms with van der Waals surface area (Å²) in [5, 5.41) is 1.52. The van der Waals surface area contributed by atoms with Gasteiger partial charge in [-0.05, 0) is 111 Å². The minimum atomic E-state index is -0.130. The molecular weight excluding hydrogens is 558 g/mol. The lowest BCUT2D eigenvalue weighted by molar-refractivity contribution is -0.114. The van der Waals surface area contributed by atoms with Crippen LogP contribution in [0.4, 0.5) is 5.69 Å². The number of likely N-dealkylation sites (N-methyl/N-ethyl adjacent to an activating group) is 1. The number of carbonyl (C=O) groups excluding carboxylic acids is 1. The zero-order valence-electron chi connectivity index (χ0n) is 22.2. The van der Waals surface area contributed by atoms with Crippen LogP contribution in [0.15, 0.2) is 71.0 Å². The van der Waals surface area contributed by atoms with Gasteiger partial charge in [0.2, 0.25) is 0 Å². The number of aryl methyl sites for hydroxylation is 4. The normalized spacial score (nSPS) is 14.8. The Labute approximate surface area is 237 Å². The number of amides is 1. The number of benzene rings is 3. The zero-order valence-corrected chi connectivity index (χ0v) is 24.6. The topological polar surface area (TPSA) is 37.7 Å². The minimum Gasteiger partial charge on any atom is -0.492 e. The molecule has 0 radical (unpaired) electrons. The molecule has 1 aliphatic rings. The Morgan fingerprint density at radius 2 is 1.63 bits per heavy atom. The first-order chi connectivity index (χ1) is 18.1. The molecule has 1 fully saturated rings. The highest BCUT2D eigenvalue weighted by Crippen LogP contribution is 2.32.